The van der Waals surface area contributed by atoms with Gasteiger partial charge in [0.1, 0.15) is 10.9 Å². The normalized spacial score (nSPS) is 17.1. The molecule has 1 rings (SSSR count). The predicted octanol–water partition coefficient (Wildman–Crippen LogP) is 0.761. The van der Waals surface area contributed by atoms with Gasteiger partial charge in [0.15, 0.2) is 0 Å². The summed E-state index contributed by atoms with van der Waals surface area (Å²) in [5.41, 5.74) is -0.283. The van der Waals surface area contributed by atoms with Crippen molar-refractivity contribution in [3.8, 4) is 0 Å². The van der Waals surface area contributed by atoms with Crippen LogP contribution < -0.4 is 5.32 Å². The maximum absolute atomic E-state index is 11.5. The minimum Gasteiger partial charge on any atom is -0.350 e. The lowest BCUT2D eigenvalue weighted by atomic mass is 10.1. The van der Waals surface area contributed by atoms with E-state index in [4.69, 9.17) is 12.2 Å². The van der Waals surface area contributed by atoms with Gasteiger partial charge in [-0.15, -0.1) is 0 Å². The third kappa shape index (κ3) is 3.79. The fourth-order valence-corrected chi connectivity index (χ4v) is 2.20. The minimum atomic E-state index is -0.283. The molecule has 84 valence electrons. The number of carbonyl (C=O) groups excluding carboxylic acids is 2. The van der Waals surface area contributed by atoms with Crippen molar-refractivity contribution in [1.29, 1.82) is 0 Å². The zero-order chi connectivity index (χ0) is 11.6. The van der Waals surface area contributed by atoms with Crippen molar-refractivity contribution in [2.75, 3.05) is 12.3 Å². The van der Waals surface area contributed by atoms with E-state index in [0.717, 1.165) is 0 Å². The van der Waals surface area contributed by atoms with Crippen LogP contribution in [0.4, 0.5) is 0 Å². The Kier molecular flexibility index (Phi) is 3.72. The number of rotatable bonds is 2. The number of hydrogen-bond donors (Lipinski definition) is 1. The van der Waals surface area contributed by atoms with Crippen molar-refractivity contribution in [1.82, 2.24) is 10.2 Å². The summed E-state index contributed by atoms with van der Waals surface area (Å²) in [6, 6.07) is 0. The second kappa shape index (κ2) is 4.49. The van der Waals surface area contributed by atoms with Gasteiger partial charge >= 0.3 is 0 Å². The van der Waals surface area contributed by atoms with Crippen LogP contribution in [0.25, 0.3) is 0 Å². The maximum atomic E-state index is 11.5. The van der Waals surface area contributed by atoms with Crippen LogP contribution in [0.2, 0.25) is 0 Å². The minimum absolute atomic E-state index is 0.0297. The molecule has 1 N–H and O–H groups in total. The van der Waals surface area contributed by atoms with Gasteiger partial charge in [0.2, 0.25) is 11.8 Å². The molecule has 0 aromatic rings. The predicted molar refractivity (Wildman–Crippen MR) is 64.7 cm³/mol. The van der Waals surface area contributed by atoms with Crippen LogP contribution in [0.1, 0.15) is 20.8 Å². The highest BCUT2D eigenvalue weighted by atomic mass is 32.2. The summed E-state index contributed by atoms with van der Waals surface area (Å²) in [5, 5.41) is 2.79. The van der Waals surface area contributed by atoms with Gasteiger partial charge < -0.3 is 5.32 Å². The summed E-state index contributed by atoms with van der Waals surface area (Å²) in [7, 11) is 0. The molecule has 0 unspecified atom stereocenters. The van der Waals surface area contributed by atoms with Crippen molar-refractivity contribution >= 4 is 40.1 Å². The molecule has 1 aliphatic heterocycles. The monoisotopic (exact) mass is 246 g/mol. The summed E-state index contributed by atoms with van der Waals surface area (Å²) >= 11 is 6.27. The summed E-state index contributed by atoms with van der Waals surface area (Å²) in [6.07, 6.45) is 0. The summed E-state index contributed by atoms with van der Waals surface area (Å²) in [5.74, 6) is 0.0801. The average molecular weight is 246 g/mol. The first kappa shape index (κ1) is 12.4. The molecule has 1 heterocycles. The number of thiocarbonyl (C=S) groups is 1. The van der Waals surface area contributed by atoms with Crippen LogP contribution in [0, 0.1) is 0 Å². The van der Waals surface area contributed by atoms with E-state index in [1.54, 1.807) is 0 Å². The van der Waals surface area contributed by atoms with E-state index in [0.29, 0.717) is 10.1 Å². The molecule has 0 aromatic heterocycles. The molecule has 1 fully saturated rings. The Morgan fingerprint density at radius 3 is 2.60 bits per heavy atom. The molecule has 1 aliphatic rings. The van der Waals surface area contributed by atoms with Gasteiger partial charge in [-0.3, -0.25) is 14.5 Å². The standard InChI is InChI=1S/C9H14N2O2S2/c1-9(2,3)10-6(12)4-11-7(13)5-15-8(11)14/h4-5H2,1-3H3,(H,10,12). The van der Waals surface area contributed by atoms with E-state index in [-0.39, 0.29) is 23.9 Å². The van der Waals surface area contributed by atoms with Gasteiger partial charge in [-0.05, 0) is 20.8 Å². The summed E-state index contributed by atoms with van der Waals surface area (Å²) in [4.78, 5) is 24.2. The van der Waals surface area contributed by atoms with Crippen molar-refractivity contribution in [3.63, 3.8) is 0 Å². The molecule has 0 aromatic carbocycles. The number of carbonyl (C=O) groups is 2. The quantitative estimate of drug-likeness (QED) is 0.731. The Labute approximate surface area is 98.8 Å². The molecule has 4 nitrogen and oxygen atoms in total. The van der Waals surface area contributed by atoms with Crippen molar-refractivity contribution in [2.45, 2.75) is 26.3 Å². The summed E-state index contributed by atoms with van der Waals surface area (Å²) in [6.45, 7) is 5.71. The highest BCUT2D eigenvalue weighted by Gasteiger charge is 2.29. The van der Waals surface area contributed by atoms with Crippen LogP contribution in [0.3, 0.4) is 0 Å². The second-order valence-electron chi connectivity index (χ2n) is 4.33. The van der Waals surface area contributed by atoms with E-state index in [9.17, 15) is 9.59 Å². The molecular weight excluding hydrogens is 232 g/mol. The molecule has 2 amide bonds. The number of nitrogens with zero attached hydrogens (tertiary/aromatic N) is 1. The molecule has 6 heteroatoms. The van der Waals surface area contributed by atoms with E-state index in [2.05, 4.69) is 5.32 Å². The first-order valence-corrected chi connectivity index (χ1v) is 5.97. The first-order chi connectivity index (χ1) is 6.79. The third-order valence-electron chi connectivity index (χ3n) is 1.66. The Morgan fingerprint density at radius 2 is 2.20 bits per heavy atom. The van der Waals surface area contributed by atoms with Gasteiger partial charge in [-0.1, -0.05) is 24.0 Å². The Morgan fingerprint density at radius 1 is 1.60 bits per heavy atom. The number of thioether (sulfide) groups is 1. The van der Waals surface area contributed by atoms with Gasteiger partial charge in [0.05, 0.1) is 5.75 Å². The Hall–Kier alpha value is -0.620. The molecule has 0 atom stereocenters. The topological polar surface area (TPSA) is 49.4 Å². The van der Waals surface area contributed by atoms with Crippen LogP contribution in [0.15, 0.2) is 0 Å². The van der Waals surface area contributed by atoms with Crippen LogP contribution in [0.5, 0.6) is 0 Å². The zero-order valence-electron chi connectivity index (χ0n) is 8.99. The Bertz CT molecular complexity index is 294. The molecule has 0 saturated carbocycles. The maximum Gasteiger partial charge on any atom is 0.240 e. The molecule has 0 bridgehead atoms. The molecular formula is C9H14N2O2S2. The third-order valence-corrected chi connectivity index (χ3v) is 3.09. The van der Waals surface area contributed by atoms with Crippen molar-refractivity contribution in [2.24, 2.45) is 0 Å². The van der Waals surface area contributed by atoms with Crippen LogP contribution in [-0.4, -0.2) is 38.9 Å². The fourth-order valence-electron chi connectivity index (χ4n) is 1.14. The molecule has 0 aliphatic carbocycles. The lowest BCUT2D eigenvalue weighted by Gasteiger charge is -2.22. The number of hydrogen-bond acceptors (Lipinski definition) is 4. The van der Waals surface area contributed by atoms with E-state index >= 15 is 0 Å². The zero-order valence-corrected chi connectivity index (χ0v) is 10.6. The van der Waals surface area contributed by atoms with Gasteiger partial charge in [0.25, 0.3) is 0 Å². The molecule has 0 radical (unpaired) electrons. The largest absolute Gasteiger partial charge is 0.350 e. The van der Waals surface area contributed by atoms with E-state index in [1.807, 2.05) is 20.8 Å². The van der Waals surface area contributed by atoms with E-state index in [1.165, 1.54) is 16.7 Å². The summed E-state index contributed by atoms with van der Waals surface area (Å²) < 4.78 is 0.490. The molecule has 0 spiro atoms. The lowest BCUT2D eigenvalue weighted by Crippen LogP contribution is -2.46. The Balaban J connectivity index is 2.51. The lowest BCUT2D eigenvalue weighted by molar-refractivity contribution is -0.130. The first-order valence-electron chi connectivity index (χ1n) is 4.58. The van der Waals surface area contributed by atoms with Gasteiger partial charge in [-0.2, -0.15) is 0 Å². The van der Waals surface area contributed by atoms with Crippen molar-refractivity contribution in [3.05, 3.63) is 0 Å². The van der Waals surface area contributed by atoms with Gasteiger partial charge in [0, 0.05) is 5.54 Å². The van der Waals surface area contributed by atoms with Crippen LogP contribution >= 0.6 is 24.0 Å². The molecule has 15 heavy (non-hydrogen) atoms. The highest BCUT2D eigenvalue weighted by molar-refractivity contribution is 8.23. The van der Waals surface area contributed by atoms with Gasteiger partial charge in [-0.25, -0.2) is 0 Å². The van der Waals surface area contributed by atoms with Crippen molar-refractivity contribution < 1.29 is 9.59 Å². The SMILES string of the molecule is CC(C)(C)NC(=O)CN1C(=O)CSC1=S. The van der Waals surface area contributed by atoms with E-state index < -0.39 is 0 Å². The molecule has 1 saturated heterocycles. The smallest absolute Gasteiger partial charge is 0.240 e. The number of amides is 2. The highest BCUT2D eigenvalue weighted by Crippen LogP contribution is 2.18. The fraction of sp³-hybridized carbons (Fsp3) is 0.667. The van der Waals surface area contributed by atoms with Crippen LogP contribution in [-0.2, 0) is 9.59 Å². The second-order valence-corrected chi connectivity index (χ2v) is 5.94. The average Bonchev–Trinajstić information content (AvgIpc) is 2.32. The number of nitrogens with one attached hydrogen (secondary N) is 1.